The quantitative estimate of drug-likeness (QED) is 0.419. The number of ether oxygens (including phenoxy) is 2. The number of anilines is 1. The molecule has 0 unspecified atom stereocenters. The molecule has 0 atom stereocenters. The van der Waals surface area contributed by atoms with Crippen LogP contribution in [0.5, 0.6) is 0 Å². The number of amides is 1. The highest BCUT2D eigenvalue weighted by atomic mass is 28.3. The molecule has 2 aromatic rings. The number of rotatable bonds is 7. The first-order valence-electron chi connectivity index (χ1n) is 12.0. The second-order valence-electron chi connectivity index (χ2n) is 11.3. The average Bonchev–Trinajstić information content (AvgIpc) is 3.03. The summed E-state index contributed by atoms with van der Waals surface area (Å²) in [6.45, 7) is 17.8. The first-order chi connectivity index (χ1) is 15.3. The molecule has 0 radical (unpaired) electrons. The molecule has 0 bridgehead atoms. The lowest BCUT2D eigenvalue weighted by Gasteiger charge is -2.37. The van der Waals surface area contributed by atoms with Gasteiger partial charge in [-0.1, -0.05) is 19.6 Å². The fraction of sp³-hybridized carbons (Fsp3) is 0.708. The predicted molar refractivity (Wildman–Crippen MR) is 136 cm³/mol. The van der Waals surface area contributed by atoms with Crippen molar-refractivity contribution in [3.8, 4) is 0 Å². The Morgan fingerprint density at radius 2 is 1.91 bits per heavy atom. The molecule has 1 saturated heterocycles. The van der Waals surface area contributed by atoms with Crippen molar-refractivity contribution in [3.05, 3.63) is 18.0 Å². The second-order valence-corrected chi connectivity index (χ2v) is 16.9. The number of fused-ring (bicyclic) bond motifs is 1. The molecule has 0 N–H and O–H groups in total. The van der Waals surface area contributed by atoms with Crippen molar-refractivity contribution in [3.63, 3.8) is 0 Å². The lowest BCUT2D eigenvalue weighted by Crippen LogP contribution is -2.47. The van der Waals surface area contributed by atoms with Crippen LogP contribution in [0.25, 0.3) is 11.2 Å². The zero-order valence-electron chi connectivity index (χ0n) is 21.6. The van der Waals surface area contributed by atoms with Crippen molar-refractivity contribution < 1.29 is 14.3 Å². The maximum atomic E-state index is 12.4. The van der Waals surface area contributed by atoms with Gasteiger partial charge in [0.2, 0.25) is 0 Å². The van der Waals surface area contributed by atoms with Gasteiger partial charge in [-0.25, -0.2) is 14.8 Å². The van der Waals surface area contributed by atoms with Crippen LogP contribution in [0.15, 0.2) is 12.3 Å². The molecule has 0 saturated carbocycles. The van der Waals surface area contributed by atoms with Crippen molar-refractivity contribution in [2.45, 2.75) is 84.6 Å². The summed E-state index contributed by atoms with van der Waals surface area (Å²) in [6, 6.07) is 3.40. The molecule has 9 heteroatoms. The van der Waals surface area contributed by atoms with Crippen LogP contribution < -0.4 is 4.90 Å². The SMILES string of the molecule is Cc1cc2nc(N3CCC(N(C)C(=O)OC(C)(C)C)CC3)cnc2n1COCC[Si](C)(C)C. The van der Waals surface area contributed by atoms with E-state index in [1.54, 1.807) is 4.90 Å². The number of aromatic nitrogens is 3. The molecule has 0 aromatic carbocycles. The molecule has 2 aromatic heterocycles. The molecular formula is C24H41N5O3Si. The molecule has 1 aliphatic rings. The summed E-state index contributed by atoms with van der Waals surface area (Å²) < 4.78 is 13.6. The molecular weight excluding hydrogens is 434 g/mol. The Labute approximate surface area is 199 Å². The average molecular weight is 476 g/mol. The van der Waals surface area contributed by atoms with Crippen LogP contribution in [0, 0.1) is 6.92 Å². The highest BCUT2D eigenvalue weighted by molar-refractivity contribution is 6.76. The Balaban J connectivity index is 1.60. The van der Waals surface area contributed by atoms with Crippen LogP contribution in [0.2, 0.25) is 25.7 Å². The van der Waals surface area contributed by atoms with Crippen molar-refractivity contribution in [1.29, 1.82) is 0 Å². The summed E-state index contributed by atoms with van der Waals surface area (Å²) in [5.74, 6) is 0.887. The Bertz CT molecular complexity index is 955. The molecule has 8 nitrogen and oxygen atoms in total. The third-order valence-corrected chi connectivity index (χ3v) is 7.73. The van der Waals surface area contributed by atoms with E-state index in [2.05, 4.69) is 42.1 Å². The molecule has 1 fully saturated rings. The second kappa shape index (κ2) is 10.0. The van der Waals surface area contributed by atoms with Gasteiger partial charge in [0, 0.05) is 46.6 Å². The minimum atomic E-state index is -1.10. The lowest BCUT2D eigenvalue weighted by atomic mass is 10.0. The monoisotopic (exact) mass is 475 g/mol. The van der Waals surface area contributed by atoms with Crippen LogP contribution >= 0.6 is 0 Å². The van der Waals surface area contributed by atoms with Gasteiger partial charge in [0.15, 0.2) is 5.65 Å². The van der Waals surface area contributed by atoms with Gasteiger partial charge in [0.05, 0.1) is 6.20 Å². The Hall–Kier alpha value is -2.13. The number of carbonyl (C=O) groups is 1. The molecule has 3 rings (SSSR count). The van der Waals surface area contributed by atoms with Crippen molar-refractivity contribution in [2.75, 3.05) is 31.6 Å². The summed E-state index contributed by atoms with van der Waals surface area (Å²) >= 11 is 0. The van der Waals surface area contributed by atoms with E-state index in [1.807, 2.05) is 34.0 Å². The predicted octanol–water partition coefficient (Wildman–Crippen LogP) is 4.89. The third-order valence-electron chi connectivity index (χ3n) is 6.03. The normalized spacial score (nSPS) is 15.8. The molecule has 0 aliphatic carbocycles. The summed E-state index contributed by atoms with van der Waals surface area (Å²) in [6.07, 6.45) is 3.35. The van der Waals surface area contributed by atoms with Crippen LogP contribution in [0.3, 0.4) is 0 Å². The zero-order valence-corrected chi connectivity index (χ0v) is 22.6. The number of aryl methyl sites for hydroxylation is 1. The summed E-state index contributed by atoms with van der Waals surface area (Å²) in [5, 5.41) is 0. The van der Waals surface area contributed by atoms with Gasteiger partial charge >= 0.3 is 6.09 Å². The van der Waals surface area contributed by atoms with Gasteiger partial charge < -0.3 is 23.8 Å². The molecule has 0 spiro atoms. The topological polar surface area (TPSA) is 72.7 Å². The first kappa shape index (κ1) is 25.5. The summed E-state index contributed by atoms with van der Waals surface area (Å²) in [4.78, 5) is 26.0. The maximum Gasteiger partial charge on any atom is 0.410 e. The van der Waals surface area contributed by atoms with E-state index in [0.717, 1.165) is 61.3 Å². The van der Waals surface area contributed by atoms with Crippen LogP contribution in [0.4, 0.5) is 10.6 Å². The molecule has 3 heterocycles. The van der Waals surface area contributed by atoms with Crippen molar-refractivity contribution in [2.24, 2.45) is 0 Å². The van der Waals surface area contributed by atoms with E-state index >= 15 is 0 Å². The van der Waals surface area contributed by atoms with E-state index in [1.165, 1.54) is 0 Å². The van der Waals surface area contributed by atoms with Crippen LogP contribution in [-0.4, -0.2) is 72.0 Å². The number of carbonyl (C=O) groups excluding carboxylic acids is 1. The van der Waals surface area contributed by atoms with Gasteiger partial charge in [0.25, 0.3) is 0 Å². The van der Waals surface area contributed by atoms with E-state index < -0.39 is 13.7 Å². The third kappa shape index (κ3) is 6.93. The largest absolute Gasteiger partial charge is 0.444 e. The van der Waals surface area contributed by atoms with Crippen molar-refractivity contribution in [1.82, 2.24) is 19.4 Å². The van der Waals surface area contributed by atoms with Crippen LogP contribution in [-0.2, 0) is 16.2 Å². The van der Waals surface area contributed by atoms with Crippen molar-refractivity contribution >= 4 is 31.1 Å². The minimum Gasteiger partial charge on any atom is -0.444 e. The van der Waals surface area contributed by atoms with E-state index in [0.29, 0.717) is 6.73 Å². The number of hydrogen-bond acceptors (Lipinski definition) is 6. The number of nitrogens with zero attached hydrogens (tertiary/aromatic N) is 5. The van der Waals surface area contributed by atoms with Crippen LogP contribution in [0.1, 0.15) is 39.3 Å². The molecule has 1 aliphatic heterocycles. The van der Waals surface area contributed by atoms with Gasteiger partial charge in [-0.3, -0.25) is 0 Å². The zero-order chi connectivity index (χ0) is 24.4. The molecule has 33 heavy (non-hydrogen) atoms. The van der Waals surface area contributed by atoms with Gasteiger partial charge in [-0.15, -0.1) is 0 Å². The highest BCUT2D eigenvalue weighted by Crippen LogP contribution is 2.24. The first-order valence-corrected chi connectivity index (χ1v) is 15.7. The maximum absolute atomic E-state index is 12.4. The van der Waals surface area contributed by atoms with Gasteiger partial charge in [-0.05, 0) is 52.6 Å². The Morgan fingerprint density at radius 3 is 2.52 bits per heavy atom. The number of piperidine rings is 1. The van der Waals surface area contributed by atoms with Gasteiger partial charge in [0.1, 0.15) is 23.7 Å². The summed E-state index contributed by atoms with van der Waals surface area (Å²) in [5.41, 5.74) is 2.38. The Kier molecular flexibility index (Phi) is 7.73. The Morgan fingerprint density at radius 1 is 1.24 bits per heavy atom. The van der Waals surface area contributed by atoms with E-state index in [9.17, 15) is 4.79 Å². The number of hydrogen-bond donors (Lipinski definition) is 0. The lowest BCUT2D eigenvalue weighted by molar-refractivity contribution is 0.0201. The fourth-order valence-electron chi connectivity index (χ4n) is 3.95. The highest BCUT2D eigenvalue weighted by Gasteiger charge is 2.29. The standard InChI is InChI=1S/C24H41N5O3Si/c1-18-15-20-22(29(18)17-31-13-14-33(6,7)8)25-16-21(26-20)28-11-9-19(10-12-28)27(5)23(30)32-24(2,3)4/h15-16,19H,9-14,17H2,1-8H3. The molecule has 1 amide bonds. The van der Waals surface area contributed by atoms with E-state index in [4.69, 9.17) is 19.4 Å². The minimum absolute atomic E-state index is 0.171. The molecule has 184 valence electrons. The summed E-state index contributed by atoms with van der Waals surface area (Å²) in [7, 11) is 0.732. The smallest absolute Gasteiger partial charge is 0.410 e. The fourth-order valence-corrected chi connectivity index (χ4v) is 4.71. The van der Waals surface area contributed by atoms with E-state index in [-0.39, 0.29) is 12.1 Å². The van der Waals surface area contributed by atoms with Gasteiger partial charge in [-0.2, -0.15) is 0 Å².